The largest absolute Gasteiger partial charge is 0.462 e. The highest BCUT2D eigenvalue weighted by Crippen LogP contribution is 2.17. The zero-order valence-electron chi connectivity index (χ0n) is 39.1. The molecule has 0 saturated carbocycles. The van der Waals surface area contributed by atoms with Crippen LogP contribution in [0.2, 0.25) is 0 Å². The van der Waals surface area contributed by atoms with Crippen molar-refractivity contribution in [2.45, 2.75) is 238 Å². The molecule has 0 rings (SSSR count). The Kier molecular flexibility index (Phi) is 44.8. The Balaban J connectivity index is 4.68. The first kappa shape index (κ1) is 57.0. The predicted octanol–water partition coefficient (Wildman–Crippen LogP) is 14.8. The molecule has 344 valence electrons. The standard InChI is InChI=1S/C54H93NO5/c1-4-7-10-13-16-19-22-24-26-28-30-32-34-37-40-43-46-52(57)51(49-56)55-53(58)48-50(60-54(59)47-44-41-38-35-21-18-15-12-9-6-3)45-42-39-36-33-31-29-27-25-23-20-17-14-11-8-5-2/h8,11-12,14-15,17,20,23,25,27,29,31,33,36,50-52,56-57H,4-7,9-10,13,16,18-19,21-22,24,26,28,30,32,34-35,37-49H2,1-3H3,(H,55,58)/b11-8-,15-12-,17-14+,23-20+,27-25-,31-29+,36-33+. The molecule has 0 aliphatic rings. The van der Waals surface area contributed by atoms with Gasteiger partial charge in [0.1, 0.15) is 6.10 Å². The van der Waals surface area contributed by atoms with Gasteiger partial charge in [-0.3, -0.25) is 9.59 Å². The molecule has 3 unspecified atom stereocenters. The van der Waals surface area contributed by atoms with Crippen molar-refractivity contribution >= 4 is 11.9 Å². The SMILES string of the molecule is CC\C=C/C=C/C=C/C=C\C=C\C=C\CCCC(CC(=O)NC(CO)C(O)CCCCCCCCCCCCCCCCCC)OC(=O)CCCCCCC/C=C\CCC. The lowest BCUT2D eigenvalue weighted by atomic mass is 10.0. The summed E-state index contributed by atoms with van der Waals surface area (Å²) in [5.41, 5.74) is 0. The summed E-state index contributed by atoms with van der Waals surface area (Å²) < 4.78 is 5.87. The molecule has 0 aromatic carbocycles. The van der Waals surface area contributed by atoms with Crippen molar-refractivity contribution in [2.75, 3.05) is 6.61 Å². The van der Waals surface area contributed by atoms with E-state index >= 15 is 0 Å². The molecule has 3 atom stereocenters. The average Bonchev–Trinajstić information content (AvgIpc) is 3.24. The van der Waals surface area contributed by atoms with Gasteiger partial charge < -0.3 is 20.3 Å². The average molecular weight is 836 g/mol. The summed E-state index contributed by atoms with van der Waals surface area (Å²) in [6, 6.07) is -0.731. The van der Waals surface area contributed by atoms with Gasteiger partial charge in [-0.1, -0.05) is 234 Å². The smallest absolute Gasteiger partial charge is 0.306 e. The highest BCUT2D eigenvalue weighted by atomic mass is 16.5. The van der Waals surface area contributed by atoms with E-state index in [1.807, 2.05) is 60.8 Å². The van der Waals surface area contributed by atoms with Gasteiger partial charge in [-0.05, 0) is 57.8 Å². The minimum absolute atomic E-state index is 0.0194. The molecule has 3 N–H and O–H groups in total. The van der Waals surface area contributed by atoms with Gasteiger partial charge in [0, 0.05) is 6.42 Å². The summed E-state index contributed by atoms with van der Waals surface area (Å²) in [5, 5.41) is 23.7. The molecule has 0 spiro atoms. The van der Waals surface area contributed by atoms with E-state index < -0.39 is 18.2 Å². The Morgan fingerprint density at radius 3 is 1.50 bits per heavy atom. The summed E-state index contributed by atoms with van der Waals surface area (Å²) in [6.07, 6.45) is 60.8. The maximum atomic E-state index is 13.2. The molecule has 1 amide bonds. The Morgan fingerprint density at radius 2 is 0.967 bits per heavy atom. The van der Waals surface area contributed by atoms with E-state index in [1.165, 1.54) is 96.3 Å². The molecule has 0 fully saturated rings. The second kappa shape index (κ2) is 47.1. The quantitative estimate of drug-likeness (QED) is 0.0246. The van der Waals surface area contributed by atoms with Gasteiger partial charge in [0.2, 0.25) is 5.91 Å². The van der Waals surface area contributed by atoms with Crippen LogP contribution in [0.15, 0.2) is 85.1 Å². The number of allylic oxidation sites excluding steroid dienone is 14. The number of aliphatic hydroxyl groups is 2. The van der Waals surface area contributed by atoms with Crippen LogP contribution in [0.1, 0.15) is 220 Å². The lowest BCUT2D eigenvalue weighted by Crippen LogP contribution is -2.46. The van der Waals surface area contributed by atoms with Gasteiger partial charge in [-0.25, -0.2) is 0 Å². The van der Waals surface area contributed by atoms with Gasteiger partial charge in [-0.15, -0.1) is 0 Å². The van der Waals surface area contributed by atoms with E-state index in [4.69, 9.17) is 4.74 Å². The van der Waals surface area contributed by atoms with Crippen molar-refractivity contribution in [3.05, 3.63) is 85.1 Å². The van der Waals surface area contributed by atoms with Crippen LogP contribution in [0.5, 0.6) is 0 Å². The Labute approximate surface area is 370 Å². The monoisotopic (exact) mass is 836 g/mol. The third-order valence-electron chi connectivity index (χ3n) is 10.9. The zero-order valence-corrected chi connectivity index (χ0v) is 39.1. The van der Waals surface area contributed by atoms with Crippen LogP contribution in [0.3, 0.4) is 0 Å². The molecule has 0 saturated heterocycles. The molecule has 60 heavy (non-hydrogen) atoms. The summed E-state index contributed by atoms with van der Waals surface area (Å²) in [7, 11) is 0. The van der Waals surface area contributed by atoms with Crippen LogP contribution >= 0.6 is 0 Å². The van der Waals surface area contributed by atoms with E-state index in [9.17, 15) is 19.8 Å². The number of carbonyl (C=O) groups is 2. The minimum atomic E-state index is -0.812. The van der Waals surface area contributed by atoms with Crippen molar-refractivity contribution in [3.8, 4) is 0 Å². The summed E-state index contributed by atoms with van der Waals surface area (Å²) in [4.78, 5) is 26.0. The number of hydrogen-bond acceptors (Lipinski definition) is 5. The van der Waals surface area contributed by atoms with Crippen LogP contribution < -0.4 is 5.32 Å². The lowest BCUT2D eigenvalue weighted by Gasteiger charge is -2.24. The van der Waals surface area contributed by atoms with Crippen LogP contribution in [0.25, 0.3) is 0 Å². The normalized spacial score (nSPS) is 14.0. The molecular weight excluding hydrogens is 743 g/mol. The number of carbonyl (C=O) groups excluding carboxylic acids is 2. The number of amides is 1. The van der Waals surface area contributed by atoms with Crippen molar-refractivity contribution in [1.29, 1.82) is 0 Å². The van der Waals surface area contributed by atoms with Gasteiger partial charge in [0.15, 0.2) is 0 Å². The summed E-state index contributed by atoms with van der Waals surface area (Å²) >= 11 is 0. The first-order valence-corrected chi connectivity index (χ1v) is 24.9. The number of esters is 1. The number of rotatable bonds is 43. The van der Waals surface area contributed by atoms with Gasteiger partial charge >= 0.3 is 5.97 Å². The maximum absolute atomic E-state index is 13.2. The fourth-order valence-electron chi connectivity index (χ4n) is 7.12. The van der Waals surface area contributed by atoms with E-state index in [0.717, 1.165) is 77.0 Å². The van der Waals surface area contributed by atoms with E-state index in [1.54, 1.807) is 0 Å². The molecule has 0 radical (unpaired) electrons. The maximum Gasteiger partial charge on any atom is 0.306 e. The van der Waals surface area contributed by atoms with Crippen LogP contribution in [0, 0.1) is 0 Å². The first-order chi connectivity index (χ1) is 29.5. The van der Waals surface area contributed by atoms with Crippen molar-refractivity contribution in [1.82, 2.24) is 5.32 Å². The molecule has 0 aromatic rings. The molecule has 0 aliphatic heterocycles. The first-order valence-electron chi connectivity index (χ1n) is 24.9. The van der Waals surface area contributed by atoms with Crippen LogP contribution in [-0.2, 0) is 14.3 Å². The number of aliphatic hydroxyl groups excluding tert-OH is 2. The molecular formula is C54H93NO5. The fourth-order valence-corrected chi connectivity index (χ4v) is 7.12. The van der Waals surface area contributed by atoms with Crippen LogP contribution in [0.4, 0.5) is 0 Å². The van der Waals surface area contributed by atoms with Crippen molar-refractivity contribution < 1.29 is 24.5 Å². The second-order valence-corrected chi connectivity index (χ2v) is 16.6. The van der Waals surface area contributed by atoms with Gasteiger partial charge in [-0.2, -0.15) is 0 Å². The third kappa shape index (κ3) is 41.8. The zero-order chi connectivity index (χ0) is 43.8. The third-order valence-corrected chi connectivity index (χ3v) is 10.9. The van der Waals surface area contributed by atoms with Gasteiger partial charge in [0.25, 0.3) is 0 Å². The number of nitrogens with one attached hydrogen (secondary N) is 1. The van der Waals surface area contributed by atoms with Crippen molar-refractivity contribution in [2.24, 2.45) is 0 Å². The molecule has 0 aliphatic carbocycles. The molecule has 6 nitrogen and oxygen atoms in total. The second-order valence-electron chi connectivity index (χ2n) is 16.6. The van der Waals surface area contributed by atoms with E-state index in [0.29, 0.717) is 19.3 Å². The Bertz CT molecular complexity index is 1160. The lowest BCUT2D eigenvalue weighted by molar-refractivity contribution is -0.151. The minimum Gasteiger partial charge on any atom is -0.462 e. The predicted molar refractivity (Wildman–Crippen MR) is 259 cm³/mol. The number of unbranched alkanes of at least 4 members (excludes halogenated alkanes) is 22. The summed E-state index contributed by atoms with van der Waals surface area (Å²) in [6.45, 7) is 6.25. The molecule has 0 aromatic heterocycles. The fraction of sp³-hybridized carbons (Fsp3) is 0.704. The van der Waals surface area contributed by atoms with Gasteiger partial charge in [0.05, 0.1) is 25.2 Å². The highest BCUT2D eigenvalue weighted by molar-refractivity contribution is 5.77. The van der Waals surface area contributed by atoms with E-state index in [-0.39, 0.29) is 24.9 Å². The Hall–Kier alpha value is -2.96. The summed E-state index contributed by atoms with van der Waals surface area (Å²) in [5.74, 6) is -0.567. The molecule has 0 bridgehead atoms. The molecule has 0 heterocycles. The highest BCUT2D eigenvalue weighted by Gasteiger charge is 2.24. The number of ether oxygens (including phenoxy) is 1. The number of hydrogen-bond donors (Lipinski definition) is 3. The van der Waals surface area contributed by atoms with E-state index in [2.05, 4.69) is 50.4 Å². The molecule has 6 heteroatoms. The van der Waals surface area contributed by atoms with Crippen molar-refractivity contribution in [3.63, 3.8) is 0 Å². The van der Waals surface area contributed by atoms with Crippen LogP contribution in [-0.4, -0.2) is 46.9 Å². The topological polar surface area (TPSA) is 95.9 Å². The Morgan fingerprint density at radius 1 is 0.500 bits per heavy atom.